The lowest BCUT2D eigenvalue weighted by Crippen LogP contribution is -2.16. The highest BCUT2D eigenvalue weighted by Gasteiger charge is 2.35. The molecule has 0 saturated carbocycles. The maximum atomic E-state index is 6.87. The van der Waals surface area contributed by atoms with E-state index in [0.29, 0.717) is 0 Å². The zero-order valence-electron chi connectivity index (χ0n) is 58.8. The van der Waals surface area contributed by atoms with Crippen molar-refractivity contribution in [1.82, 2.24) is 0 Å². The van der Waals surface area contributed by atoms with Crippen LogP contribution in [0.3, 0.4) is 0 Å². The number of hydrogen-bond acceptors (Lipinski definition) is 8. The van der Waals surface area contributed by atoms with E-state index in [2.05, 4.69) is 226 Å². The van der Waals surface area contributed by atoms with E-state index in [4.69, 9.17) is 18.9 Å². The Bertz CT molecular complexity index is 3310. The molecule has 1 aliphatic rings. The zero-order chi connectivity index (χ0) is 65.6. The van der Waals surface area contributed by atoms with Gasteiger partial charge in [0.25, 0.3) is 0 Å². The molecule has 4 unspecified atom stereocenters. The number of hydrogen-bond donors (Lipinski definition) is 4. The molecular formula is C84H108N4O4. The molecule has 0 aromatic heterocycles. The number of methoxy groups -OCH3 is 4. The van der Waals surface area contributed by atoms with E-state index in [1.54, 1.807) is 0 Å². The molecule has 488 valence electrons. The summed E-state index contributed by atoms with van der Waals surface area (Å²) in [5.41, 5.74) is 27.6. The molecular weight excluding hydrogens is 1130 g/mol. The molecule has 1 aliphatic carbocycles. The van der Waals surface area contributed by atoms with Crippen LogP contribution >= 0.6 is 0 Å². The molecule has 0 amide bonds. The molecule has 8 heteroatoms. The zero-order valence-corrected chi connectivity index (χ0v) is 58.8. The third-order valence-electron chi connectivity index (χ3n) is 19.6. The smallest absolute Gasteiger partial charge is 0.124 e. The third-order valence-corrected chi connectivity index (χ3v) is 19.6. The molecule has 0 fully saturated rings. The molecule has 8 aromatic carbocycles. The minimum Gasteiger partial charge on any atom is -0.496 e. The van der Waals surface area contributed by atoms with Gasteiger partial charge in [-0.05, 0) is 196 Å². The summed E-state index contributed by atoms with van der Waals surface area (Å²) in [7, 11) is 7.48. The average molecular weight is 1240 g/mol. The number of ether oxygens (including phenoxy) is 4. The summed E-state index contributed by atoms with van der Waals surface area (Å²) in [4.78, 5) is 0. The molecule has 8 nitrogen and oxygen atoms in total. The summed E-state index contributed by atoms with van der Waals surface area (Å²) < 4.78 is 27.5. The van der Waals surface area contributed by atoms with Gasteiger partial charge in [0.15, 0.2) is 0 Å². The summed E-state index contributed by atoms with van der Waals surface area (Å²) in [6.07, 6.45) is 16.5. The molecule has 8 aromatic rings. The first-order chi connectivity index (χ1) is 44.5. The predicted molar refractivity (Wildman–Crippen MR) is 393 cm³/mol. The van der Waals surface area contributed by atoms with Crippen LogP contribution in [0.2, 0.25) is 0 Å². The molecule has 4 N–H and O–H groups in total. The second-order valence-corrected chi connectivity index (χ2v) is 26.7. The van der Waals surface area contributed by atoms with Crippen molar-refractivity contribution in [3.63, 3.8) is 0 Å². The van der Waals surface area contributed by atoms with Crippen LogP contribution in [0.5, 0.6) is 23.0 Å². The number of unbranched alkanes of at least 4 members (excludes halogenated alkanes) is 8. The summed E-state index contributed by atoms with van der Waals surface area (Å²) in [5.74, 6) is 3.03. The minimum absolute atomic E-state index is 0.105. The van der Waals surface area contributed by atoms with Crippen LogP contribution < -0.4 is 40.2 Å². The number of benzene rings is 8. The first-order valence-corrected chi connectivity index (χ1v) is 34.8. The van der Waals surface area contributed by atoms with Gasteiger partial charge in [-0.1, -0.05) is 153 Å². The Morgan fingerprint density at radius 3 is 0.641 bits per heavy atom. The molecule has 9 rings (SSSR count). The second-order valence-electron chi connectivity index (χ2n) is 26.7. The van der Waals surface area contributed by atoms with Crippen molar-refractivity contribution in [1.29, 1.82) is 0 Å². The van der Waals surface area contributed by atoms with Crippen molar-refractivity contribution in [2.75, 3.05) is 49.7 Å². The van der Waals surface area contributed by atoms with Crippen LogP contribution in [0, 0.1) is 55.4 Å². The van der Waals surface area contributed by atoms with Crippen molar-refractivity contribution in [3.05, 3.63) is 210 Å². The molecule has 0 heterocycles. The normalized spacial score (nSPS) is 15.2. The maximum absolute atomic E-state index is 6.87. The number of nitrogens with one attached hydrogen (secondary N) is 4. The highest BCUT2D eigenvalue weighted by molar-refractivity contribution is 5.79. The van der Waals surface area contributed by atoms with Gasteiger partial charge in [-0.15, -0.1) is 0 Å². The molecule has 92 heavy (non-hydrogen) atoms. The van der Waals surface area contributed by atoms with Crippen LogP contribution in [-0.4, -0.2) is 28.4 Å². The van der Waals surface area contributed by atoms with Gasteiger partial charge in [0.05, 0.1) is 28.4 Å². The van der Waals surface area contributed by atoms with Gasteiger partial charge < -0.3 is 40.2 Å². The first kappa shape index (κ1) is 68.5. The Balaban J connectivity index is 1.52. The SMILES string of the molecule is CCCCCC1c2cc(c(OC)cc2Nc2cc(C)ccc2C)C(CCCCC)c2cc(c(OC)cc2Nc2cc(C)ccc2C)C(CCCCC)c2cc(c(OC)cc2Nc2cc(C)ccc2C)C(CCCCC)c2cc1c(OC)cc2Nc1cc(C)ccc1C. The highest BCUT2D eigenvalue weighted by atomic mass is 16.5. The lowest BCUT2D eigenvalue weighted by atomic mass is 9.75. The Hall–Kier alpha value is -7.84. The first-order valence-electron chi connectivity index (χ1n) is 34.8. The van der Waals surface area contributed by atoms with Gasteiger partial charge in [0, 0.05) is 116 Å². The molecule has 4 atom stereocenters. The lowest BCUT2D eigenvalue weighted by molar-refractivity contribution is 0.402. The number of aryl methyl sites for hydroxylation is 8. The number of anilines is 8. The maximum Gasteiger partial charge on any atom is 0.124 e. The van der Waals surface area contributed by atoms with E-state index in [1.165, 1.54) is 89.0 Å². The van der Waals surface area contributed by atoms with Crippen molar-refractivity contribution < 1.29 is 18.9 Å². The topological polar surface area (TPSA) is 85.0 Å². The monoisotopic (exact) mass is 1240 g/mol. The molecule has 0 aliphatic heterocycles. The van der Waals surface area contributed by atoms with E-state index < -0.39 is 0 Å². The van der Waals surface area contributed by atoms with Crippen LogP contribution in [0.4, 0.5) is 45.5 Å². The summed E-state index contributed by atoms with van der Waals surface area (Å²) >= 11 is 0. The van der Waals surface area contributed by atoms with Gasteiger partial charge in [-0.3, -0.25) is 0 Å². The quantitative estimate of drug-likeness (QED) is 0.0361. The van der Waals surface area contributed by atoms with Crippen molar-refractivity contribution in [3.8, 4) is 23.0 Å². The Morgan fingerprint density at radius 1 is 0.250 bits per heavy atom. The van der Waals surface area contributed by atoms with Crippen molar-refractivity contribution in [2.24, 2.45) is 0 Å². The van der Waals surface area contributed by atoms with E-state index >= 15 is 0 Å². The van der Waals surface area contributed by atoms with Crippen molar-refractivity contribution in [2.45, 2.75) is 209 Å². The summed E-state index contributed by atoms with van der Waals surface area (Å²) in [5, 5.41) is 16.5. The van der Waals surface area contributed by atoms with E-state index in [9.17, 15) is 0 Å². The Labute approximate surface area is 554 Å². The van der Waals surface area contributed by atoms with Gasteiger partial charge in [-0.25, -0.2) is 0 Å². The molecule has 8 bridgehead atoms. The minimum atomic E-state index is -0.105. The van der Waals surface area contributed by atoms with Crippen LogP contribution in [0.15, 0.2) is 121 Å². The summed E-state index contributed by atoms with van der Waals surface area (Å²) in [6.45, 7) is 26.9. The second kappa shape index (κ2) is 32.1. The predicted octanol–water partition coefficient (Wildman–Crippen LogP) is 24.3. The fourth-order valence-electron chi connectivity index (χ4n) is 14.2. The average Bonchev–Trinajstić information content (AvgIpc) is 0.751. The molecule has 0 saturated heterocycles. The lowest BCUT2D eigenvalue weighted by Gasteiger charge is -2.33. The molecule has 0 spiro atoms. The number of rotatable bonds is 28. The Morgan fingerprint density at radius 2 is 0.457 bits per heavy atom. The summed E-state index contributed by atoms with van der Waals surface area (Å²) in [6, 6.07) is 46.5. The van der Waals surface area contributed by atoms with Gasteiger partial charge in [-0.2, -0.15) is 0 Å². The van der Waals surface area contributed by atoms with E-state index in [-0.39, 0.29) is 23.7 Å². The van der Waals surface area contributed by atoms with Gasteiger partial charge in [0.2, 0.25) is 0 Å². The third kappa shape index (κ3) is 16.0. The van der Waals surface area contributed by atoms with Gasteiger partial charge >= 0.3 is 0 Å². The molecule has 0 radical (unpaired) electrons. The highest BCUT2D eigenvalue weighted by Crippen LogP contribution is 2.54. The standard InChI is InChI=1S/C84H108N4O4/c1-17-21-25-29-61-65-45-70(82(90-14)49-77(65)85-73-41-53(5)33-37-57(73)9)63(31-27-23-19-3)67-47-72(84(92-16)51-79(67)87-75-43-55(7)35-39-59(75)11)64(32-28-24-20-4)68-48-71(83(91-15)52-80(68)88-76-44-56(8)36-40-60(76)12)62(30-26-22-18-2)66-46-69(61)81(89-13)50-78(66)86-74-42-54(6)34-38-58(74)10/h33-52,61-64,85-88H,17-32H2,1-16H3. The fraction of sp³-hybridized carbons (Fsp3) is 0.429. The van der Waals surface area contributed by atoms with Crippen LogP contribution in [-0.2, 0) is 0 Å². The largest absolute Gasteiger partial charge is 0.496 e. The fourth-order valence-corrected chi connectivity index (χ4v) is 14.2. The van der Waals surface area contributed by atoms with Crippen LogP contribution in [0.1, 0.15) is 243 Å². The Kier molecular flexibility index (Phi) is 23.9. The van der Waals surface area contributed by atoms with E-state index in [1.807, 2.05) is 28.4 Å². The van der Waals surface area contributed by atoms with E-state index in [0.717, 1.165) is 171 Å². The number of fused-ring (bicyclic) bond motifs is 8. The van der Waals surface area contributed by atoms with Crippen LogP contribution in [0.25, 0.3) is 0 Å². The van der Waals surface area contributed by atoms with Crippen molar-refractivity contribution >= 4 is 45.5 Å². The van der Waals surface area contributed by atoms with Gasteiger partial charge in [0.1, 0.15) is 23.0 Å².